The van der Waals surface area contributed by atoms with Crippen molar-refractivity contribution < 1.29 is 42.1 Å². The summed E-state index contributed by atoms with van der Waals surface area (Å²) in [6, 6.07) is 0. The van der Waals surface area contributed by atoms with E-state index in [-0.39, 0.29) is 32.0 Å². The molecule has 0 aromatic heterocycles. The summed E-state index contributed by atoms with van der Waals surface area (Å²) < 4.78 is 34.5. The highest BCUT2D eigenvalue weighted by molar-refractivity contribution is 7.45. The number of quaternary nitrogens is 1. The molecule has 0 heterocycles. The highest BCUT2D eigenvalue weighted by atomic mass is 31.2. The zero-order valence-corrected chi connectivity index (χ0v) is 70.9. The third kappa shape index (κ3) is 88.4. The number of esters is 2. The molecule has 104 heavy (non-hydrogen) atoms. The second kappa shape index (κ2) is 84.5. The number of phosphoric acid groups is 1. The van der Waals surface area contributed by atoms with E-state index >= 15 is 0 Å². The molecule has 0 aromatic carbocycles. The Kier molecular flexibility index (Phi) is 82.4. The van der Waals surface area contributed by atoms with Crippen molar-refractivity contribution in [1.82, 2.24) is 0 Å². The van der Waals surface area contributed by atoms with Crippen LogP contribution in [0, 0.1) is 0 Å². The number of unbranched alkanes of at least 4 members (excludes halogenated alkanes) is 60. The van der Waals surface area contributed by atoms with Gasteiger partial charge in [0.05, 0.1) is 27.7 Å². The van der Waals surface area contributed by atoms with Crippen LogP contribution in [-0.2, 0) is 32.7 Å². The van der Waals surface area contributed by atoms with Gasteiger partial charge < -0.3 is 27.9 Å². The lowest BCUT2D eigenvalue weighted by molar-refractivity contribution is -0.870. The van der Waals surface area contributed by atoms with Crippen molar-refractivity contribution >= 4 is 19.8 Å². The summed E-state index contributed by atoms with van der Waals surface area (Å²) in [5, 5.41) is 0. The van der Waals surface area contributed by atoms with E-state index in [0.717, 1.165) is 64.2 Å². The molecule has 0 rings (SSSR count). The fourth-order valence-corrected chi connectivity index (χ4v) is 14.5. The molecule has 0 aliphatic heterocycles. The first-order valence-electron chi connectivity index (χ1n) is 45.6. The summed E-state index contributed by atoms with van der Waals surface area (Å²) in [6.07, 6.45) is 117. The summed E-state index contributed by atoms with van der Waals surface area (Å²) >= 11 is 0. The van der Waals surface area contributed by atoms with Gasteiger partial charge in [-0.15, -0.1) is 0 Å². The van der Waals surface area contributed by atoms with Crippen molar-refractivity contribution in [3.63, 3.8) is 0 Å². The third-order valence-corrected chi connectivity index (χ3v) is 21.7. The van der Waals surface area contributed by atoms with E-state index in [4.69, 9.17) is 18.5 Å². The molecule has 0 fully saturated rings. The summed E-state index contributed by atoms with van der Waals surface area (Å²) in [7, 11) is 1.19. The molecular weight excluding hydrogens is 1300 g/mol. The molecule has 2 unspecified atom stereocenters. The number of ether oxygens (including phenoxy) is 2. The van der Waals surface area contributed by atoms with Crippen LogP contribution >= 0.6 is 7.82 Å². The van der Waals surface area contributed by atoms with Gasteiger partial charge in [-0.1, -0.05) is 440 Å². The average Bonchev–Trinajstić information content (AvgIpc) is 0.915. The van der Waals surface area contributed by atoms with Crippen LogP contribution < -0.4 is 4.89 Å². The van der Waals surface area contributed by atoms with Gasteiger partial charge >= 0.3 is 11.9 Å². The van der Waals surface area contributed by atoms with Gasteiger partial charge in [0.15, 0.2) is 6.10 Å². The number of nitrogens with zero attached hydrogens (tertiary/aromatic N) is 1. The van der Waals surface area contributed by atoms with Gasteiger partial charge in [0.2, 0.25) is 0 Å². The summed E-state index contributed by atoms with van der Waals surface area (Å²) in [4.78, 5) is 38.3. The van der Waals surface area contributed by atoms with Crippen LogP contribution in [0.5, 0.6) is 0 Å². The number of rotatable bonds is 86. The van der Waals surface area contributed by atoms with Crippen LogP contribution in [0.15, 0.2) is 72.9 Å². The van der Waals surface area contributed by atoms with Crippen molar-refractivity contribution in [3.8, 4) is 0 Å². The minimum atomic E-state index is -4.65. The van der Waals surface area contributed by atoms with E-state index in [9.17, 15) is 19.0 Å². The lowest BCUT2D eigenvalue weighted by atomic mass is 10.0. The largest absolute Gasteiger partial charge is 0.756 e. The maximum absolute atomic E-state index is 12.9. The normalized spacial score (nSPS) is 13.2. The van der Waals surface area contributed by atoms with Crippen LogP contribution in [0.2, 0.25) is 0 Å². The van der Waals surface area contributed by atoms with Crippen molar-refractivity contribution in [2.75, 3.05) is 47.5 Å². The Labute approximate surface area is 648 Å². The number of carbonyl (C=O) groups is 2. The molecule has 10 heteroatoms. The molecule has 0 N–H and O–H groups in total. The Morgan fingerprint density at radius 3 is 0.827 bits per heavy atom. The Bertz CT molecular complexity index is 1990. The van der Waals surface area contributed by atoms with Crippen LogP contribution in [-0.4, -0.2) is 70.0 Å². The van der Waals surface area contributed by atoms with Crippen LogP contribution in [0.25, 0.3) is 0 Å². The van der Waals surface area contributed by atoms with E-state index in [0.29, 0.717) is 17.4 Å². The first-order chi connectivity index (χ1) is 51.0. The molecule has 0 aromatic rings. The van der Waals surface area contributed by atoms with E-state index in [1.807, 2.05) is 21.1 Å². The molecule has 2 atom stereocenters. The first kappa shape index (κ1) is 101. The number of allylic oxidation sites excluding steroid dienone is 12. The lowest BCUT2D eigenvalue weighted by Gasteiger charge is -2.28. The highest BCUT2D eigenvalue weighted by Crippen LogP contribution is 2.38. The SMILES string of the molecule is CC/C=C\C/C=C\C/C=C\C/C=C\C/C=C\CCCCCCCCCCCCCCCCCCCCCCCCCC(=O)OC(COC(=O)CCCCCCCCCCCCCCCCCCCCCCCCCCCCCCC/C=C\CCCCCCCCCC)COP(=O)([O-])OCC[N+](C)(C)C. The van der Waals surface area contributed by atoms with Gasteiger partial charge in [-0.25, -0.2) is 0 Å². The maximum atomic E-state index is 12.9. The number of carbonyl (C=O) groups excluding carboxylic acids is 2. The topological polar surface area (TPSA) is 111 Å². The fraction of sp³-hybridized carbons (Fsp3) is 0.851. The van der Waals surface area contributed by atoms with E-state index in [1.54, 1.807) is 0 Å². The fourth-order valence-electron chi connectivity index (χ4n) is 13.8. The second-order valence-corrected chi connectivity index (χ2v) is 33.7. The first-order valence-corrected chi connectivity index (χ1v) is 47.1. The molecule has 0 saturated carbocycles. The molecule has 0 spiro atoms. The van der Waals surface area contributed by atoms with E-state index < -0.39 is 26.5 Å². The minimum absolute atomic E-state index is 0.0282. The van der Waals surface area contributed by atoms with E-state index in [1.165, 1.54) is 366 Å². The molecule has 610 valence electrons. The van der Waals surface area contributed by atoms with Gasteiger partial charge in [0, 0.05) is 12.8 Å². The molecule has 0 bridgehead atoms. The van der Waals surface area contributed by atoms with Crippen molar-refractivity contribution in [3.05, 3.63) is 72.9 Å². The predicted octanol–water partition coefficient (Wildman–Crippen LogP) is 30.3. The zero-order chi connectivity index (χ0) is 75.4. The maximum Gasteiger partial charge on any atom is 0.306 e. The van der Waals surface area contributed by atoms with Crippen molar-refractivity contribution in [1.29, 1.82) is 0 Å². The number of phosphoric ester groups is 1. The summed E-state index contributed by atoms with van der Waals surface area (Å²) in [6.45, 7) is 4.21. The zero-order valence-electron chi connectivity index (χ0n) is 70.0. The minimum Gasteiger partial charge on any atom is -0.756 e. The molecule has 0 aliphatic rings. The second-order valence-electron chi connectivity index (χ2n) is 32.3. The Balaban J connectivity index is 3.83. The van der Waals surface area contributed by atoms with E-state index in [2.05, 4.69) is 86.8 Å². The van der Waals surface area contributed by atoms with Gasteiger partial charge in [0.25, 0.3) is 7.82 Å². The molecule has 0 aliphatic carbocycles. The van der Waals surface area contributed by atoms with Crippen molar-refractivity contribution in [2.45, 2.75) is 469 Å². The number of hydrogen-bond donors (Lipinski definition) is 0. The van der Waals surface area contributed by atoms with Gasteiger partial charge in [-0.3, -0.25) is 14.2 Å². The van der Waals surface area contributed by atoms with Gasteiger partial charge in [0.1, 0.15) is 19.8 Å². The Morgan fingerprint density at radius 2 is 0.548 bits per heavy atom. The highest BCUT2D eigenvalue weighted by Gasteiger charge is 2.22. The van der Waals surface area contributed by atoms with Crippen LogP contribution in [0.1, 0.15) is 463 Å². The molecule has 0 saturated heterocycles. The van der Waals surface area contributed by atoms with Crippen LogP contribution in [0.3, 0.4) is 0 Å². The van der Waals surface area contributed by atoms with Crippen LogP contribution in [0.4, 0.5) is 0 Å². The quantitative estimate of drug-likeness (QED) is 0.0195. The average molecular weight is 1480 g/mol. The monoisotopic (exact) mass is 1480 g/mol. The third-order valence-electron chi connectivity index (χ3n) is 20.7. The molecule has 9 nitrogen and oxygen atoms in total. The van der Waals surface area contributed by atoms with Crippen molar-refractivity contribution in [2.24, 2.45) is 0 Å². The Hall–Kier alpha value is -2.55. The predicted molar refractivity (Wildman–Crippen MR) is 453 cm³/mol. The Morgan fingerprint density at radius 1 is 0.308 bits per heavy atom. The smallest absolute Gasteiger partial charge is 0.306 e. The number of likely N-dealkylation sites (N-methyl/N-ethyl adjacent to an activating group) is 1. The molecule has 0 amide bonds. The lowest BCUT2D eigenvalue weighted by Crippen LogP contribution is -2.37. The summed E-state index contributed by atoms with van der Waals surface area (Å²) in [5.41, 5.74) is 0. The molecule has 0 radical (unpaired) electrons. The summed E-state index contributed by atoms with van der Waals surface area (Å²) in [5.74, 6) is -0.807. The van der Waals surface area contributed by atoms with Gasteiger partial charge in [-0.05, 0) is 83.5 Å². The standard InChI is InChI=1S/C94H176NO8P/c1-6-8-10-12-14-16-18-20-22-24-26-28-30-32-34-36-38-40-42-44-46-47-49-50-52-54-56-58-60-62-64-66-68-70-72-74-76-78-80-82-84-86-93(96)100-90-92(91-102-104(98,99)101-89-88-95(3,4)5)103-94(97)87-85-83-81-79-77-75-73-71-69-67-65-63-61-59-57-55-53-51-48-45-43-41-39-37-35-33-31-29-27-25-23-21-19-17-15-13-11-9-7-2/h9,11,15,17,21,23-24,26-27,29,33,35,92H,6-8,10,12-14,16,18-20,22,25,28,30-32,34,36-91H2,1-5H3/b11-9-,17-15-,23-21-,26-24-,29-27-,35-33-. The molecular formula is C94H176NO8P. The van der Waals surface area contributed by atoms with Gasteiger partial charge in [-0.2, -0.15) is 0 Å². The number of hydrogen-bond acceptors (Lipinski definition) is 8.